The summed E-state index contributed by atoms with van der Waals surface area (Å²) in [7, 11) is 1.61. The van der Waals surface area contributed by atoms with Gasteiger partial charge in [0.25, 0.3) is 11.6 Å². The minimum absolute atomic E-state index is 0.0726. The van der Waals surface area contributed by atoms with Gasteiger partial charge >= 0.3 is 0 Å². The highest BCUT2D eigenvalue weighted by Crippen LogP contribution is 2.24. The topological polar surface area (TPSA) is 107 Å². The Morgan fingerprint density at radius 2 is 1.92 bits per heavy atom. The van der Waals surface area contributed by atoms with Crippen LogP contribution in [0.3, 0.4) is 0 Å². The minimum Gasteiger partial charge on any atom is -0.496 e. The van der Waals surface area contributed by atoms with Crippen LogP contribution in [0, 0.1) is 10.1 Å². The average Bonchev–Trinajstić information content (AvgIpc) is 3.09. The molecule has 132 valence electrons. The van der Waals surface area contributed by atoms with Crippen LogP contribution in [-0.2, 0) is 6.42 Å². The maximum atomic E-state index is 12.2. The first-order valence-corrected chi connectivity index (χ1v) is 8.38. The first kappa shape index (κ1) is 17.5. The van der Waals surface area contributed by atoms with Crippen molar-refractivity contribution in [2.24, 2.45) is 0 Å². The number of nitro groups is 1. The molecule has 3 aromatic rings. The van der Waals surface area contributed by atoms with Crippen molar-refractivity contribution in [3.05, 3.63) is 74.8 Å². The van der Waals surface area contributed by atoms with E-state index in [0.29, 0.717) is 17.1 Å². The van der Waals surface area contributed by atoms with Gasteiger partial charge in [-0.15, -0.1) is 10.2 Å². The number of carbonyl (C=O) groups is 1. The third-order valence-corrected chi connectivity index (χ3v) is 4.40. The van der Waals surface area contributed by atoms with Gasteiger partial charge in [0, 0.05) is 29.7 Å². The first-order valence-electron chi connectivity index (χ1n) is 7.57. The van der Waals surface area contributed by atoms with Gasteiger partial charge in [-0.3, -0.25) is 20.2 Å². The molecule has 1 aromatic heterocycles. The molecule has 0 spiro atoms. The smallest absolute Gasteiger partial charge is 0.269 e. The number of amides is 1. The van der Waals surface area contributed by atoms with Crippen molar-refractivity contribution in [2.45, 2.75) is 6.42 Å². The summed E-state index contributed by atoms with van der Waals surface area (Å²) in [5.74, 6) is 0.360. The van der Waals surface area contributed by atoms with Crippen LogP contribution in [0.25, 0.3) is 0 Å². The van der Waals surface area contributed by atoms with Gasteiger partial charge in [0.1, 0.15) is 10.8 Å². The van der Waals surface area contributed by atoms with Gasteiger partial charge in [-0.1, -0.05) is 29.5 Å². The lowest BCUT2D eigenvalue weighted by Gasteiger charge is -2.05. The summed E-state index contributed by atoms with van der Waals surface area (Å²) in [6.45, 7) is 0. The Balaban J connectivity index is 1.68. The maximum Gasteiger partial charge on any atom is 0.269 e. The Hall–Kier alpha value is -3.33. The van der Waals surface area contributed by atoms with Crippen molar-refractivity contribution in [3.63, 3.8) is 0 Å². The molecule has 0 aliphatic carbocycles. The van der Waals surface area contributed by atoms with Crippen molar-refractivity contribution in [1.29, 1.82) is 0 Å². The quantitative estimate of drug-likeness (QED) is 0.527. The number of rotatable bonds is 6. The molecule has 1 N–H and O–H groups in total. The van der Waals surface area contributed by atoms with Gasteiger partial charge in [-0.25, -0.2) is 0 Å². The maximum absolute atomic E-state index is 12.2. The molecule has 9 heteroatoms. The van der Waals surface area contributed by atoms with E-state index in [1.54, 1.807) is 7.11 Å². The van der Waals surface area contributed by atoms with E-state index >= 15 is 0 Å². The van der Waals surface area contributed by atoms with Crippen LogP contribution in [0.5, 0.6) is 5.75 Å². The number of nitrogens with one attached hydrogen (secondary N) is 1. The third-order valence-electron chi connectivity index (χ3n) is 3.56. The molecule has 0 aliphatic heterocycles. The van der Waals surface area contributed by atoms with Gasteiger partial charge < -0.3 is 4.74 Å². The summed E-state index contributed by atoms with van der Waals surface area (Å²) in [4.78, 5) is 22.3. The van der Waals surface area contributed by atoms with E-state index in [9.17, 15) is 14.9 Å². The van der Waals surface area contributed by atoms with Crippen molar-refractivity contribution in [1.82, 2.24) is 10.2 Å². The summed E-state index contributed by atoms with van der Waals surface area (Å²) in [5, 5.41) is 22.4. The average molecular weight is 370 g/mol. The van der Waals surface area contributed by atoms with Crippen molar-refractivity contribution in [3.8, 4) is 5.75 Å². The number of hydrogen-bond acceptors (Lipinski definition) is 7. The molecule has 0 fully saturated rings. The summed E-state index contributed by atoms with van der Waals surface area (Å²) in [6, 6.07) is 13.0. The molecule has 0 radical (unpaired) electrons. The van der Waals surface area contributed by atoms with E-state index in [0.717, 1.165) is 16.3 Å². The number of carbonyl (C=O) groups excluding carboxylic acids is 1. The molecule has 0 atom stereocenters. The number of para-hydroxylation sites is 1. The zero-order valence-electron chi connectivity index (χ0n) is 13.7. The summed E-state index contributed by atoms with van der Waals surface area (Å²) in [6.07, 6.45) is 0.537. The van der Waals surface area contributed by atoms with Crippen molar-refractivity contribution in [2.75, 3.05) is 12.4 Å². The summed E-state index contributed by atoms with van der Waals surface area (Å²) < 4.78 is 5.31. The lowest BCUT2D eigenvalue weighted by molar-refractivity contribution is -0.384. The monoisotopic (exact) mass is 370 g/mol. The highest BCUT2D eigenvalue weighted by molar-refractivity contribution is 7.15. The molecule has 1 heterocycles. The zero-order chi connectivity index (χ0) is 18.5. The second-order valence-electron chi connectivity index (χ2n) is 5.25. The Bertz CT molecular complexity index is 940. The highest BCUT2D eigenvalue weighted by atomic mass is 32.1. The van der Waals surface area contributed by atoms with Crippen LogP contribution in [0.2, 0.25) is 0 Å². The van der Waals surface area contributed by atoms with Crippen LogP contribution >= 0.6 is 11.3 Å². The fourth-order valence-electron chi connectivity index (χ4n) is 2.29. The largest absolute Gasteiger partial charge is 0.496 e. The molecule has 3 rings (SSSR count). The Labute approximate surface area is 152 Å². The Morgan fingerprint density at radius 1 is 1.19 bits per heavy atom. The predicted molar refractivity (Wildman–Crippen MR) is 96.8 cm³/mol. The molecular formula is C17H14N4O4S. The molecule has 0 aliphatic rings. The highest BCUT2D eigenvalue weighted by Gasteiger charge is 2.13. The molecule has 2 aromatic carbocycles. The molecule has 26 heavy (non-hydrogen) atoms. The van der Waals surface area contributed by atoms with Crippen LogP contribution in [0.1, 0.15) is 20.9 Å². The number of nitro benzene ring substituents is 1. The number of hydrogen-bond donors (Lipinski definition) is 1. The Kier molecular flexibility index (Phi) is 5.18. The van der Waals surface area contributed by atoms with Gasteiger partial charge in [-0.2, -0.15) is 0 Å². The third kappa shape index (κ3) is 4.01. The van der Waals surface area contributed by atoms with Crippen LogP contribution in [0.15, 0.2) is 48.5 Å². The molecule has 0 bridgehead atoms. The van der Waals surface area contributed by atoms with Crippen molar-refractivity contribution < 1.29 is 14.5 Å². The predicted octanol–water partition coefficient (Wildman–Crippen LogP) is 3.30. The second-order valence-corrected chi connectivity index (χ2v) is 6.31. The van der Waals surface area contributed by atoms with E-state index in [1.165, 1.54) is 35.6 Å². The van der Waals surface area contributed by atoms with Crippen molar-refractivity contribution >= 4 is 28.1 Å². The van der Waals surface area contributed by atoms with Gasteiger partial charge in [0.2, 0.25) is 5.13 Å². The summed E-state index contributed by atoms with van der Waals surface area (Å²) in [5.41, 5.74) is 1.20. The minimum atomic E-state index is -0.517. The molecule has 8 nitrogen and oxygen atoms in total. The Morgan fingerprint density at radius 3 is 2.62 bits per heavy atom. The van der Waals surface area contributed by atoms with Crippen LogP contribution < -0.4 is 10.1 Å². The van der Waals surface area contributed by atoms with Crippen LogP contribution in [0.4, 0.5) is 10.8 Å². The number of non-ortho nitro benzene ring substituents is 1. The zero-order valence-corrected chi connectivity index (χ0v) is 14.5. The second kappa shape index (κ2) is 7.70. The molecule has 0 saturated heterocycles. The molecule has 0 saturated carbocycles. The molecule has 0 unspecified atom stereocenters. The normalized spacial score (nSPS) is 10.3. The van der Waals surface area contributed by atoms with Gasteiger partial charge in [0.05, 0.1) is 12.0 Å². The SMILES string of the molecule is COc1ccccc1Cc1nnc(NC(=O)c2ccc([N+](=O)[O-])cc2)s1. The van der Waals surface area contributed by atoms with E-state index in [2.05, 4.69) is 15.5 Å². The standard InChI is InChI=1S/C17H14N4O4S/c1-25-14-5-3-2-4-12(14)10-15-19-20-17(26-15)18-16(22)11-6-8-13(9-7-11)21(23)24/h2-9H,10H2,1H3,(H,18,20,22). The number of ether oxygens (including phenoxy) is 1. The number of anilines is 1. The lowest BCUT2D eigenvalue weighted by Crippen LogP contribution is -2.11. The number of methoxy groups -OCH3 is 1. The summed E-state index contributed by atoms with van der Waals surface area (Å²) >= 11 is 1.26. The van der Waals surface area contributed by atoms with E-state index in [4.69, 9.17) is 4.74 Å². The van der Waals surface area contributed by atoms with E-state index in [1.807, 2.05) is 24.3 Å². The molecule has 1 amide bonds. The molecular weight excluding hydrogens is 356 g/mol. The number of aromatic nitrogens is 2. The number of benzene rings is 2. The van der Waals surface area contributed by atoms with Crippen LogP contribution in [-0.4, -0.2) is 28.1 Å². The van der Waals surface area contributed by atoms with Gasteiger partial charge in [-0.05, 0) is 18.2 Å². The van der Waals surface area contributed by atoms with Gasteiger partial charge in [0.15, 0.2) is 0 Å². The first-order chi connectivity index (χ1) is 12.6. The fourth-order valence-corrected chi connectivity index (χ4v) is 3.05. The van der Waals surface area contributed by atoms with E-state index < -0.39 is 10.8 Å². The lowest BCUT2D eigenvalue weighted by atomic mass is 10.1. The number of nitrogens with zero attached hydrogens (tertiary/aromatic N) is 3. The van der Waals surface area contributed by atoms with E-state index in [-0.39, 0.29) is 5.69 Å². The fraction of sp³-hybridized carbons (Fsp3) is 0.118.